The molecule has 0 aromatic heterocycles. The lowest BCUT2D eigenvalue weighted by Crippen LogP contribution is -2.48. The fourth-order valence-electron chi connectivity index (χ4n) is 5.10. The lowest BCUT2D eigenvalue weighted by molar-refractivity contribution is -0.136. The number of nitrogens with one attached hydrogen (secondary N) is 1. The van der Waals surface area contributed by atoms with E-state index < -0.39 is 27.9 Å². The van der Waals surface area contributed by atoms with Gasteiger partial charge in [-0.05, 0) is 79.8 Å². The summed E-state index contributed by atoms with van der Waals surface area (Å²) < 4.78 is 40.9. The number of carbonyl (C=O) groups excluding carboxylic acids is 1. The number of rotatable bonds is 9. The highest BCUT2D eigenvalue weighted by atomic mass is 32.2. The fourth-order valence-corrected chi connectivity index (χ4v) is 6.80. The number of hydrogen-bond acceptors (Lipinski definition) is 6. The van der Waals surface area contributed by atoms with E-state index in [4.69, 9.17) is 14.6 Å². The number of aryl methyl sites for hydroxylation is 1. The van der Waals surface area contributed by atoms with Crippen LogP contribution in [0.25, 0.3) is 0 Å². The largest absolute Gasteiger partial charge is 0.492 e. The van der Waals surface area contributed by atoms with E-state index in [9.17, 15) is 18.0 Å². The number of benzene rings is 3. The number of carboxylic acids is 1. The summed E-state index contributed by atoms with van der Waals surface area (Å²) >= 11 is 0. The molecule has 0 saturated heterocycles. The van der Waals surface area contributed by atoms with Crippen molar-refractivity contribution in [2.75, 3.05) is 17.5 Å². The van der Waals surface area contributed by atoms with Gasteiger partial charge in [-0.3, -0.25) is 13.9 Å². The van der Waals surface area contributed by atoms with Crippen LogP contribution in [0.4, 0.5) is 5.69 Å². The molecular weight excluding hydrogens is 532 g/mol. The van der Waals surface area contributed by atoms with Crippen LogP contribution in [0.1, 0.15) is 37.0 Å². The third-order valence-electron chi connectivity index (χ3n) is 7.15. The Morgan fingerprint density at radius 3 is 2.58 bits per heavy atom. The quantitative estimate of drug-likeness (QED) is 0.380. The Morgan fingerprint density at radius 1 is 1.07 bits per heavy atom. The Balaban J connectivity index is 1.29. The second kappa shape index (κ2) is 10.8. The molecule has 210 valence electrons. The molecule has 0 bridgehead atoms. The van der Waals surface area contributed by atoms with Gasteiger partial charge in [0.2, 0.25) is 5.91 Å². The Morgan fingerprint density at radius 2 is 1.82 bits per heavy atom. The van der Waals surface area contributed by atoms with Gasteiger partial charge in [0.25, 0.3) is 10.0 Å². The van der Waals surface area contributed by atoms with E-state index in [2.05, 4.69) is 5.32 Å². The summed E-state index contributed by atoms with van der Waals surface area (Å²) in [5.74, 6) is -0.0992. The summed E-state index contributed by atoms with van der Waals surface area (Å²) in [6.45, 7) is 4.35. The van der Waals surface area contributed by atoms with Crippen molar-refractivity contribution in [3.8, 4) is 11.5 Å². The molecule has 2 heterocycles. The molecule has 10 heteroatoms. The minimum absolute atomic E-state index is 0.0725. The van der Waals surface area contributed by atoms with E-state index in [1.54, 1.807) is 54.6 Å². The monoisotopic (exact) mass is 564 g/mol. The minimum atomic E-state index is -4.05. The first-order valence-electron chi connectivity index (χ1n) is 13.2. The number of ether oxygens (including phenoxy) is 2. The van der Waals surface area contributed by atoms with Crippen molar-refractivity contribution < 1.29 is 32.6 Å². The first-order valence-corrected chi connectivity index (χ1v) is 14.6. The van der Waals surface area contributed by atoms with Crippen LogP contribution in [0.5, 0.6) is 11.5 Å². The number of amides is 1. The van der Waals surface area contributed by atoms with Crippen molar-refractivity contribution in [2.24, 2.45) is 0 Å². The normalized spacial score (nSPS) is 17.4. The number of carboxylic acid groups (broad SMARTS) is 1. The molecule has 0 unspecified atom stereocenters. The third kappa shape index (κ3) is 5.77. The highest BCUT2D eigenvalue weighted by Crippen LogP contribution is 2.39. The molecule has 2 N–H and O–H groups in total. The zero-order chi connectivity index (χ0) is 28.5. The number of para-hydroxylation sites is 1. The van der Waals surface area contributed by atoms with Crippen molar-refractivity contribution >= 4 is 27.6 Å². The average molecular weight is 565 g/mol. The van der Waals surface area contributed by atoms with Crippen molar-refractivity contribution in [2.45, 2.75) is 56.1 Å². The molecule has 0 radical (unpaired) electrons. The van der Waals surface area contributed by atoms with E-state index in [-0.39, 0.29) is 36.5 Å². The molecule has 1 amide bonds. The smallest absolute Gasteiger partial charge is 0.307 e. The summed E-state index contributed by atoms with van der Waals surface area (Å²) in [5, 5.41) is 11.7. The van der Waals surface area contributed by atoms with E-state index >= 15 is 0 Å². The summed E-state index contributed by atoms with van der Waals surface area (Å²) in [6.07, 6.45) is 1.66. The highest BCUT2D eigenvalue weighted by Gasteiger charge is 2.42. The molecule has 0 aliphatic carbocycles. The van der Waals surface area contributed by atoms with Crippen LogP contribution < -0.4 is 19.1 Å². The van der Waals surface area contributed by atoms with Crippen molar-refractivity contribution in [1.82, 2.24) is 5.32 Å². The molecule has 3 aromatic rings. The van der Waals surface area contributed by atoms with Crippen LogP contribution >= 0.6 is 0 Å². The summed E-state index contributed by atoms with van der Waals surface area (Å²) in [5.41, 5.74) is 2.47. The maximum absolute atomic E-state index is 14.0. The van der Waals surface area contributed by atoms with Gasteiger partial charge in [-0.1, -0.05) is 30.3 Å². The standard InChI is InChI=1S/C30H32N2O7S/c1-30(2)14-13-22-18-24(11-12-27(22)39-30)40(36,37)32-25-6-4-3-5-21(25)19-26(32)29(35)31-15-16-38-23-9-7-20(8-10-23)17-28(33)34/h3-12,18,26H,13-17,19H2,1-2H3,(H,31,35)(H,33,34)/t26-/m0/s1. The highest BCUT2D eigenvalue weighted by molar-refractivity contribution is 7.93. The number of hydrogen-bond donors (Lipinski definition) is 2. The van der Waals surface area contributed by atoms with Crippen LogP contribution in [0.2, 0.25) is 0 Å². The summed E-state index contributed by atoms with van der Waals surface area (Å²) in [6, 6.07) is 17.8. The molecule has 9 nitrogen and oxygen atoms in total. The molecule has 2 aliphatic rings. The number of nitrogens with zero attached hydrogens (tertiary/aromatic N) is 1. The maximum atomic E-state index is 14.0. The van der Waals surface area contributed by atoms with E-state index in [0.717, 1.165) is 17.5 Å². The van der Waals surface area contributed by atoms with Gasteiger partial charge in [-0.2, -0.15) is 0 Å². The average Bonchev–Trinajstić information content (AvgIpc) is 3.31. The Labute approximate surface area is 233 Å². The van der Waals surface area contributed by atoms with E-state index in [1.807, 2.05) is 26.0 Å². The number of sulfonamides is 1. The van der Waals surface area contributed by atoms with Crippen LogP contribution in [0.3, 0.4) is 0 Å². The number of anilines is 1. The van der Waals surface area contributed by atoms with Crippen LogP contribution in [-0.4, -0.2) is 50.2 Å². The molecule has 0 fully saturated rings. The zero-order valence-corrected chi connectivity index (χ0v) is 23.2. The van der Waals surface area contributed by atoms with Gasteiger partial charge >= 0.3 is 5.97 Å². The Bertz CT molecular complexity index is 1530. The Hall–Kier alpha value is -4.05. The second-order valence-corrected chi connectivity index (χ2v) is 12.4. The Kier molecular flexibility index (Phi) is 7.46. The molecular formula is C30H32N2O7S. The van der Waals surface area contributed by atoms with Gasteiger partial charge in [0.1, 0.15) is 29.7 Å². The summed E-state index contributed by atoms with van der Waals surface area (Å²) in [7, 11) is -4.05. The fraction of sp³-hybridized carbons (Fsp3) is 0.333. The SMILES string of the molecule is CC1(C)CCc2cc(S(=O)(=O)N3c4ccccc4C[C@H]3C(=O)NCCOc3ccc(CC(=O)O)cc3)ccc2O1. The summed E-state index contributed by atoms with van der Waals surface area (Å²) in [4.78, 5) is 24.3. The maximum Gasteiger partial charge on any atom is 0.307 e. The lowest BCUT2D eigenvalue weighted by Gasteiger charge is -2.33. The number of aliphatic carboxylic acids is 1. The predicted molar refractivity (Wildman–Crippen MR) is 149 cm³/mol. The van der Waals surface area contributed by atoms with Crippen molar-refractivity contribution in [1.29, 1.82) is 0 Å². The topological polar surface area (TPSA) is 122 Å². The van der Waals surface area contributed by atoms with Crippen molar-refractivity contribution in [3.63, 3.8) is 0 Å². The molecule has 5 rings (SSSR count). The van der Waals surface area contributed by atoms with Crippen LogP contribution in [-0.2, 0) is 38.9 Å². The third-order valence-corrected chi connectivity index (χ3v) is 8.97. The molecule has 0 spiro atoms. The molecule has 40 heavy (non-hydrogen) atoms. The molecule has 2 aliphatic heterocycles. The van der Waals surface area contributed by atoms with Crippen LogP contribution in [0.15, 0.2) is 71.6 Å². The van der Waals surface area contributed by atoms with Gasteiger partial charge in [0.15, 0.2) is 0 Å². The first kappa shape index (κ1) is 27.5. The number of carbonyl (C=O) groups is 2. The molecule has 3 aromatic carbocycles. The van der Waals surface area contributed by atoms with Gasteiger partial charge in [0.05, 0.1) is 23.5 Å². The first-order chi connectivity index (χ1) is 19.0. The van der Waals surface area contributed by atoms with E-state index in [0.29, 0.717) is 29.2 Å². The second-order valence-electron chi connectivity index (χ2n) is 10.6. The van der Waals surface area contributed by atoms with Gasteiger partial charge in [-0.15, -0.1) is 0 Å². The number of fused-ring (bicyclic) bond motifs is 2. The van der Waals surface area contributed by atoms with Gasteiger partial charge < -0.3 is 19.9 Å². The molecule has 1 atom stereocenters. The van der Waals surface area contributed by atoms with Gasteiger partial charge in [0, 0.05) is 6.42 Å². The zero-order valence-electron chi connectivity index (χ0n) is 22.4. The lowest BCUT2D eigenvalue weighted by atomic mass is 9.94. The minimum Gasteiger partial charge on any atom is -0.492 e. The predicted octanol–water partition coefficient (Wildman–Crippen LogP) is 3.73. The molecule has 0 saturated carbocycles. The van der Waals surface area contributed by atoms with E-state index in [1.165, 1.54) is 4.31 Å². The van der Waals surface area contributed by atoms with Gasteiger partial charge in [-0.25, -0.2) is 8.42 Å². The van der Waals surface area contributed by atoms with Crippen LogP contribution in [0, 0.1) is 0 Å². The van der Waals surface area contributed by atoms with Crippen molar-refractivity contribution in [3.05, 3.63) is 83.4 Å².